The Morgan fingerprint density at radius 3 is 2.69 bits per heavy atom. The van der Waals surface area contributed by atoms with Crippen LogP contribution >= 0.6 is 0 Å². The molecular weight excluding hydrogens is 339 g/mol. The summed E-state index contributed by atoms with van der Waals surface area (Å²) in [6.07, 6.45) is 1.45. The molecule has 1 amide bonds. The molecule has 1 fully saturated rings. The smallest absolute Gasteiger partial charge is 0.257 e. The van der Waals surface area contributed by atoms with Crippen molar-refractivity contribution in [3.8, 4) is 11.6 Å². The fourth-order valence-corrected chi connectivity index (χ4v) is 2.89. The van der Waals surface area contributed by atoms with E-state index in [1.807, 2.05) is 0 Å². The van der Waals surface area contributed by atoms with Gasteiger partial charge in [0.2, 0.25) is 5.88 Å². The number of anilines is 1. The van der Waals surface area contributed by atoms with E-state index in [1.54, 1.807) is 31.1 Å². The molecule has 1 saturated heterocycles. The minimum absolute atomic E-state index is 0.0166. The van der Waals surface area contributed by atoms with Crippen LogP contribution in [0.4, 0.5) is 10.2 Å². The molecule has 1 aliphatic heterocycles. The van der Waals surface area contributed by atoms with E-state index < -0.39 is 5.82 Å². The minimum Gasteiger partial charge on any atom is -0.490 e. The molecule has 0 saturated carbocycles. The van der Waals surface area contributed by atoms with Crippen LogP contribution in [0.15, 0.2) is 30.6 Å². The molecule has 1 aromatic carbocycles. The number of ether oxygens (including phenoxy) is 2. The normalized spacial score (nSPS) is 14.3. The molecule has 0 radical (unpaired) electrons. The largest absolute Gasteiger partial charge is 0.490 e. The van der Waals surface area contributed by atoms with Crippen LogP contribution in [-0.2, 0) is 0 Å². The lowest BCUT2D eigenvalue weighted by Crippen LogP contribution is -2.49. The highest BCUT2D eigenvalue weighted by atomic mass is 19.1. The van der Waals surface area contributed by atoms with E-state index in [1.165, 1.54) is 18.5 Å². The van der Waals surface area contributed by atoms with Crippen LogP contribution in [0.3, 0.4) is 0 Å². The van der Waals surface area contributed by atoms with E-state index in [-0.39, 0.29) is 17.2 Å². The maximum Gasteiger partial charge on any atom is 0.257 e. The Kier molecular flexibility index (Phi) is 5.50. The number of nitrogens with zero attached hydrogens (tertiary/aromatic N) is 4. The molecule has 0 unspecified atom stereocenters. The van der Waals surface area contributed by atoms with Gasteiger partial charge >= 0.3 is 0 Å². The molecule has 0 spiro atoms. The average molecular weight is 360 g/mol. The monoisotopic (exact) mass is 360 g/mol. The molecule has 0 N–H and O–H groups in total. The highest BCUT2D eigenvalue weighted by Gasteiger charge is 2.26. The van der Waals surface area contributed by atoms with E-state index in [9.17, 15) is 9.18 Å². The van der Waals surface area contributed by atoms with Gasteiger partial charge in [-0.15, -0.1) is 0 Å². The van der Waals surface area contributed by atoms with Gasteiger partial charge in [0.25, 0.3) is 5.91 Å². The quantitative estimate of drug-likeness (QED) is 0.812. The van der Waals surface area contributed by atoms with Crippen LogP contribution in [0.1, 0.15) is 17.3 Å². The van der Waals surface area contributed by atoms with Gasteiger partial charge in [0.15, 0.2) is 11.6 Å². The predicted molar refractivity (Wildman–Crippen MR) is 94.3 cm³/mol. The Hall–Kier alpha value is -2.90. The highest BCUT2D eigenvalue weighted by Crippen LogP contribution is 2.25. The molecule has 0 atom stereocenters. The molecule has 0 bridgehead atoms. The van der Waals surface area contributed by atoms with Crippen LogP contribution in [0.5, 0.6) is 11.6 Å². The molecule has 1 aliphatic rings. The highest BCUT2D eigenvalue weighted by molar-refractivity contribution is 5.97. The maximum absolute atomic E-state index is 14.0. The summed E-state index contributed by atoms with van der Waals surface area (Å²) in [7, 11) is 1.55. The molecule has 2 aromatic rings. The van der Waals surface area contributed by atoms with E-state index in [0.717, 1.165) is 5.82 Å². The van der Waals surface area contributed by atoms with Gasteiger partial charge < -0.3 is 19.3 Å². The number of piperazine rings is 1. The molecule has 8 heteroatoms. The Morgan fingerprint density at radius 1 is 1.23 bits per heavy atom. The van der Waals surface area contributed by atoms with Crippen molar-refractivity contribution in [1.29, 1.82) is 0 Å². The second-order valence-corrected chi connectivity index (χ2v) is 5.75. The summed E-state index contributed by atoms with van der Waals surface area (Å²) in [5.74, 6) is 0.514. The fourth-order valence-electron chi connectivity index (χ4n) is 2.89. The number of carbonyl (C=O) groups is 1. The lowest BCUT2D eigenvalue weighted by Gasteiger charge is -2.35. The van der Waals surface area contributed by atoms with Gasteiger partial charge in [-0.3, -0.25) is 4.79 Å². The number of hydrogen-bond acceptors (Lipinski definition) is 6. The van der Waals surface area contributed by atoms with E-state index in [4.69, 9.17) is 9.47 Å². The molecule has 0 aliphatic carbocycles. The molecule has 2 heterocycles. The van der Waals surface area contributed by atoms with Crippen molar-refractivity contribution in [3.05, 3.63) is 42.0 Å². The third kappa shape index (κ3) is 3.68. The van der Waals surface area contributed by atoms with Gasteiger partial charge in [0.1, 0.15) is 12.1 Å². The average Bonchev–Trinajstić information content (AvgIpc) is 2.69. The molecule has 138 valence electrons. The van der Waals surface area contributed by atoms with Gasteiger partial charge in [-0.1, -0.05) is 6.07 Å². The van der Waals surface area contributed by atoms with Crippen LogP contribution in [-0.4, -0.2) is 60.7 Å². The summed E-state index contributed by atoms with van der Waals surface area (Å²) < 4.78 is 24.4. The van der Waals surface area contributed by atoms with Gasteiger partial charge in [-0.25, -0.2) is 14.4 Å². The number of para-hydroxylation sites is 1. The number of benzene rings is 1. The predicted octanol–water partition coefficient (Wildman–Crippen LogP) is 1.99. The van der Waals surface area contributed by atoms with Gasteiger partial charge in [-0.05, 0) is 19.1 Å². The summed E-state index contributed by atoms with van der Waals surface area (Å²) in [4.78, 5) is 24.8. The molecule has 3 rings (SSSR count). The van der Waals surface area contributed by atoms with Crippen LogP contribution in [0.25, 0.3) is 0 Å². The molecule has 1 aromatic heterocycles. The third-order valence-electron chi connectivity index (χ3n) is 4.21. The first kappa shape index (κ1) is 17.9. The Bertz CT molecular complexity index is 779. The summed E-state index contributed by atoms with van der Waals surface area (Å²) in [5, 5.41) is 0. The molecule has 7 nitrogen and oxygen atoms in total. The van der Waals surface area contributed by atoms with Crippen LogP contribution < -0.4 is 14.4 Å². The Labute approximate surface area is 151 Å². The first-order valence-electron chi connectivity index (χ1n) is 8.45. The Balaban J connectivity index is 1.70. The molecule has 26 heavy (non-hydrogen) atoms. The first-order chi connectivity index (χ1) is 12.6. The van der Waals surface area contributed by atoms with Crippen LogP contribution in [0.2, 0.25) is 0 Å². The summed E-state index contributed by atoms with van der Waals surface area (Å²) in [5.41, 5.74) is 0.254. The lowest BCUT2D eigenvalue weighted by atomic mass is 10.1. The third-order valence-corrected chi connectivity index (χ3v) is 4.21. The second kappa shape index (κ2) is 7.99. The van der Waals surface area contributed by atoms with Crippen molar-refractivity contribution in [1.82, 2.24) is 14.9 Å². The van der Waals surface area contributed by atoms with Crippen molar-refractivity contribution in [2.75, 3.05) is 44.8 Å². The van der Waals surface area contributed by atoms with E-state index in [2.05, 4.69) is 14.9 Å². The van der Waals surface area contributed by atoms with Crippen molar-refractivity contribution in [2.45, 2.75) is 6.92 Å². The van der Waals surface area contributed by atoms with Crippen molar-refractivity contribution >= 4 is 11.7 Å². The van der Waals surface area contributed by atoms with E-state index in [0.29, 0.717) is 38.7 Å². The SMILES string of the molecule is CCOc1c(F)cccc1C(=O)N1CCN(c2cc(OC)ncn2)CC1. The zero-order valence-corrected chi connectivity index (χ0v) is 14.8. The van der Waals surface area contributed by atoms with Gasteiger partial charge in [0.05, 0.1) is 19.3 Å². The zero-order chi connectivity index (χ0) is 18.5. The van der Waals surface area contributed by atoms with Gasteiger partial charge in [0, 0.05) is 32.2 Å². The first-order valence-corrected chi connectivity index (χ1v) is 8.45. The lowest BCUT2D eigenvalue weighted by molar-refractivity contribution is 0.0741. The number of amides is 1. The standard InChI is InChI=1S/C18H21FN4O3/c1-3-26-17-13(5-4-6-14(17)19)18(24)23-9-7-22(8-10-23)15-11-16(25-2)21-12-20-15/h4-6,11-12H,3,7-10H2,1-2H3. The fraction of sp³-hybridized carbons (Fsp3) is 0.389. The van der Waals surface area contributed by atoms with E-state index >= 15 is 0 Å². The topological polar surface area (TPSA) is 67.8 Å². The summed E-state index contributed by atoms with van der Waals surface area (Å²) in [6.45, 7) is 4.30. The second-order valence-electron chi connectivity index (χ2n) is 5.75. The number of hydrogen-bond donors (Lipinski definition) is 0. The summed E-state index contributed by atoms with van der Waals surface area (Å²) in [6, 6.07) is 6.17. The number of aromatic nitrogens is 2. The van der Waals surface area contributed by atoms with Crippen molar-refractivity contribution in [2.24, 2.45) is 0 Å². The Morgan fingerprint density at radius 2 is 2.00 bits per heavy atom. The summed E-state index contributed by atoms with van der Waals surface area (Å²) >= 11 is 0. The number of rotatable bonds is 5. The minimum atomic E-state index is -0.524. The zero-order valence-electron chi connectivity index (χ0n) is 14.8. The van der Waals surface area contributed by atoms with Crippen LogP contribution in [0, 0.1) is 5.82 Å². The van der Waals surface area contributed by atoms with Crippen molar-refractivity contribution < 1.29 is 18.7 Å². The maximum atomic E-state index is 14.0. The number of halogens is 1. The molecular formula is C18H21FN4O3. The number of methoxy groups -OCH3 is 1. The van der Waals surface area contributed by atoms with Crippen molar-refractivity contribution in [3.63, 3.8) is 0 Å². The number of carbonyl (C=O) groups excluding carboxylic acids is 1. The van der Waals surface area contributed by atoms with Gasteiger partial charge in [-0.2, -0.15) is 0 Å².